The van der Waals surface area contributed by atoms with Crippen molar-refractivity contribution >= 4 is 17.8 Å². The van der Waals surface area contributed by atoms with Gasteiger partial charge in [-0.2, -0.15) is 0 Å². The van der Waals surface area contributed by atoms with Crippen LogP contribution >= 0.6 is 7.17 Å². The normalized spacial score (nSPS) is 24.1. The number of allylic oxidation sites excluding steroid dienone is 10. The fraction of sp³-hybridized carbons (Fsp3) is 0.176. The molecule has 0 bridgehead atoms. The van der Waals surface area contributed by atoms with Gasteiger partial charge in [-0.05, 0) is 42.8 Å². The van der Waals surface area contributed by atoms with Gasteiger partial charge in [-0.1, -0.05) is 49.6 Å². The summed E-state index contributed by atoms with van der Waals surface area (Å²) in [6.07, 6.45) is 12.4. The van der Waals surface area contributed by atoms with Crippen LogP contribution in [-0.4, -0.2) is 17.3 Å². The van der Waals surface area contributed by atoms with E-state index < -0.39 is 7.17 Å². The van der Waals surface area contributed by atoms with Crippen LogP contribution < -0.4 is 0 Å². The van der Waals surface area contributed by atoms with E-state index in [1.807, 2.05) is 12.2 Å². The highest BCUT2D eigenvalue weighted by Gasteiger charge is 2.12. The predicted molar refractivity (Wildman–Crippen MR) is 85.6 cm³/mol. The predicted octanol–water partition coefficient (Wildman–Crippen LogP) is 4.39. The average Bonchev–Trinajstić information content (AvgIpc) is 2.28. The van der Waals surface area contributed by atoms with Crippen molar-refractivity contribution in [2.75, 3.05) is 6.66 Å². The van der Waals surface area contributed by atoms with Crippen molar-refractivity contribution in [2.24, 2.45) is 0 Å². The minimum Gasteiger partial charge on any atom is -0.111 e. The topological polar surface area (TPSA) is 0 Å². The second kappa shape index (κ2) is 5.00. The highest BCUT2D eigenvalue weighted by Crippen LogP contribution is 2.29. The van der Waals surface area contributed by atoms with E-state index in [1.54, 1.807) is 0 Å². The third-order valence-electron chi connectivity index (χ3n) is 3.26. The van der Waals surface area contributed by atoms with Crippen LogP contribution in [0.5, 0.6) is 0 Å². The molecule has 91 valence electrons. The molecular weight excluding hydrogens is 235 g/mol. The molecule has 1 radical (unpaired) electrons. The molecule has 2 rings (SSSR count). The Bertz CT molecular complexity index is 583. The standard InChI is InChI=1S/C17H18P/c1-12-8-6-9-13(2)16(12)18(5)17-14(3)10-7-11-15(17)4/h1,6-11H,3H2,2,4-5H3. The maximum Gasteiger partial charge on any atom is 0.00440 e. The van der Waals surface area contributed by atoms with Crippen LogP contribution in [0.15, 0.2) is 65.3 Å². The first-order valence-electron chi connectivity index (χ1n) is 6.02. The van der Waals surface area contributed by atoms with Crippen LogP contribution in [0.3, 0.4) is 0 Å². The number of hydrogen-bond donors (Lipinski definition) is 0. The molecule has 0 aromatic rings. The zero-order chi connectivity index (χ0) is 13.3. The quantitative estimate of drug-likeness (QED) is 0.562. The lowest BCUT2D eigenvalue weighted by Gasteiger charge is -2.18. The summed E-state index contributed by atoms with van der Waals surface area (Å²) in [5, 5.41) is 2.64. The summed E-state index contributed by atoms with van der Waals surface area (Å²) in [7, 11) is -0.442. The second-order valence-corrected chi connectivity index (χ2v) is 6.67. The molecule has 0 spiro atoms. The van der Waals surface area contributed by atoms with Crippen molar-refractivity contribution in [2.45, 2.75) is 13.8 Å². The van der Waals surface area contributed by atoms with E-state index in [9.17, 15) is 0 Å². The molecule has 0 N–H and O–H groups in total. The van der Waals surface area contributed by atoms with Gasteiger partial charge in [0.1, 0.15) is 0 Å². The van der Waals surface area contributed by atoms with E-state index in [2.05, 4.69) is 51.4 Å². The van der Waals surface area contributed by atoms with Gasteiger partial charge < -0.3 is 0 Å². The van der Waals surface area contributed by atoms with E-state index in [1.165, 1.54) is 21.7 Å². The van der Waals surface area contributed by atoms with Gasteiger partial charge >= 0.3 is 0 Å². The number of hydrogen-bond acceptors (Lipinski definition) is 0. The van der Waals surface area contributed by atoms with Gasteiger partial charge in [0.15, 0.2) is 0 Å². The largest absolute Gasteiger partial charge is 0.111 e. The van der Waals surface area contributed by atoms with Crippen LogP contribution in [0.1, 0.15) is 13.8 Å². The summed E-state index contributed by atoms with van der Waals surface area (Å²) < 4.78 is 0. The third-order valence-corrected chi connectivity index (χ3v) is 5.85. The molecule has 1 unspecified atom stereocenters. The monoisotopic (exact) mass is 253 g/mol. The summed E-state index contributed by atoms with van der Waals surface area (Å²) in [6, 6.07) is 0. The summed E-state index contributed by atoms with van der Waals surface area (Å²) in [5.41, 5.74) is 4.59. The third kappa shape index (κ3) is 2.21. The Morgan fingerprint density at radius 3 is 2.11 bits per heavy atom. The molecule has 2 aliphatic rings. The van der Waals surface area contributed by atoms with Crippen LogP contribution in [0.4, 0.5) is 0 Å². The second-order valence-electron chi connectivity index (χ2n) is 4.65. The summed E-state index contributed by atoms with van der Waals surface area (Å²) >= 11 is 0. The molecule has 1 atom stereocenters. The van der Waals surface area contributed by atoms with E-state index in [0.29, 0.717) is 0 Å². The van der Waals surface area contributed by atoms with Crippen LogP contribution in [0.2, 0.25) is 0 Å². The molecule has 0 nitrogen and oxygen atoms in total. The van der Waals surface area contributed by atoms with Gasteiger partial charge in [0.25, 0.3) is 0 Å². The molecule has 0 aliphatic heterocycles. The van der Waals surface area contributed by atoms with Gasteiger partial charge in [0, 0.05) is 10.6 Å². The van der Waals surface area contributed by atoms with Crippen LogP contribution in [0.25, 0.3) is 0 Å². The fourth-order valence-corrected chi connectivity index (χ4v) is 4.85. The Kier molecular flexibility index (Phi) is 3.59. The lowest BCUT2D eigenvalue weighted by molar-refractivity contribution is 1.55. The average molecular weight is 253 g/mol. The molecule has 0 heterocycles. The van der Waals surface area contributed by atoms with Crippen molar-refractivity contribution in [3.8, 4) is 0 Å². The van der Waals surface area contributed by atoms with Crippen molar-refractivity contribution in [3.63, 3.8) is 0 Å². The Balaban J connectivity index is 2.77. The van der Waals surface area contributed by atoms with Gasteiger partial charge in [0.05, 0.1) is 0 Å². The summed E-state index contributed by atoms with van der Waals surface area (Å²) in [4.78, 5) is 0. The Morgan fingerprint density at radius 2 is 1.56 bits per heavy atom. The first-order chi connectivity index (χ1) is 8.52. The molecule has 1 heteroatoms. The lowest BCUT2D eigenvalue weighted by atomic mass is 10.0. The van der Waals surface area contributed by atoms with Gasteiger partial charge in [0.2, 0.25) is 0 Å². The minimum absolute atomic E-state index is 0.442. The van der Waals surface area contributed by atoms with Crippen LogP contribution in [-0.2, 0) is 0 Å². The minimum atomic E-state index is -0.442. The molecule has 0 fully saturated rings. The zero-order valence-corrected chi connectivity index (χ0v) is 12.1. The number of rotatable bonds is 0. The maximum absolute atomic E-state index is 6.16. The molecular formula is C17H18P. The van der Waals surface area contributed by atoms with E-state index >= 15 is 0 Å². The SMILES string of the molecule is [CH]=C1C=CC=C(C)C1=P(C)=C1C(=C)C=CC=C1C. The van der Waals surface area contributed by atoms with E-state index in [4.69, 9.17) is 6.58 Å². The fourth-order valence-electron chi connectivity index (χ4n) is 2.45. The smallest absolute Gasteiger partial charge is 0.00440 e. The molecule has 0 amide bonds. The molecule has 2 aliphatic carbocycles. The van der Waals surface area contributed by atoms with Crippen LogP contribution in [0, 0.1) is 6.58 Å². The molecule has 0 saturated carbocycles. The highest BCUT2D eigenvalue weighted by molar-refractivity contribution is 7.61. The van der Waals surface area contributed by atoms with Gasteiger partial charge in [-0.15, -0.1) is 7.17 Å². The molecule has 18 heavy (non-hydrogen) atoms. The molecule has 0 saturated heterocycles. The van der Waals surface area contributed by atoms with Crippen molar-refractivity contribution in [3.05, 3.63) is 71.9 Å². The molecule has 0 aromatic heterocycles. The first kappa shape index (κ1) is 12.9. The maximum atomic E-state index is 6.16. The molecule has 0 aromatic carbocycles. The van der Waals surface area contributed by atoms with E-state index in [-0.39, 0.29) is 0 Å². The lowest BCUT2D eigenvalue weighted by Crippen LogP contribution is -2.08. The Hall–Kier alpha value is -1.52. The first-order valence-corrected chi connectivity index (χ1v) is 7.81. The van der Waals surface area contributed by atoms with Gasteiger partial charge in [-0.3, -0.25) is 0 Å². The summed E-state index contributed by atoms with van der Waals surface area (Å²) in [6.45, 7) is 16.9. The van der Waals surface area contributed by atoms with E-state index in [0.717, 1.165) is 11.1 Å². The Morgan fingerprint density at radius 1 is 1.00 bits per heavy atom. The van der Waals surface area contributed by atoms with Crippen molar-refractivity contribution in [1.29, 1.82) is 0 Å². The Labute approximate surface area is 110 Å². The highest BCUT2D eigenvalue weighted by atomic mass is 31.1. The zero-order valence-electron chi connectivity index (χ0n) is 11.2. The van der Waals surface area contributed by atoms with Gasteiger partial charge in [-0.25, -0.2) is 0 Å². The van der Waals surface area contributed by atoms with Crippen molar-refractivity contribution < 1.29 is 0 Å². The van der Waals surface area contributed by atoms with Crippen molar-refractivity contribution in [1.82, 2.24) is 0 Å². The summed E-state index contributed by atoms with van der Waals surface area (Å²) in [5.74, 6) is 0.